The first kappa shape index (κ1) is 22.1. The average molecular weight is 440 g/mol. The maximum Gasteiger partial charge on any atom is 0.251 e. The molecule has 2 heterocycles. The minimum absolute atomic E-state index is 0.0691. The van der Waals surface area contributed by atoms with Crippen molar-refractivity contribution in [3.8, 4) is 5.69 Å². The van der Waals surface area contributed by atoms with E-state index < -0.39 is 11.8 Å². The minimum atomic E-state index is -2.54. The van der Waals surface area contributed by atoms with Crippen LogP contribution in [0.4, 0.5) is 14.5 Å². The number of halogens is 3. The van der Waals surface area contributed by atoms with Gasteiger partial charge in [-0.25, -0.2) is 13.5 Å². The van der Waals surface area contributed by atoms with E-state index in [0.29, 0.717) is 24.4 Å². The third kappa shape index (κ3) is 5.53. The lowest BCUT2D eigenvalue weighted by molar-refractivity contribution is -0.118. The van der Waals surface area contributed by atoms with Gasteiger partial charge in [0.25, 0.3) is 5.92 Å². The van der Waals surface area contributed by atoms with Gasteiger partial charge in [0.1, 0.15) is 12.3 Å². The third-order valence-electron chi connectivity index (χ3n) is 4.90. The molecular formula is C20H24ClF2N5O2. The lowest BCUT2D eigenvalue weighted by atomic mass is 10.2. The molecule has 0 spiro atoms. The number of alkyl halides is 2. The largest absolute Gasteiger partial charge is 0.396 e. The molecule has 1 aliphatic rings. The van der Waals surface area contributed by atoms with E-state index in [1.807, 2.05) is 13.0 Å². The van der Waals surface area contributed by atoms with Gasteiger partial charge in [0, 0.05) is 31.5 Å². The third-order valence-corrected chi connectivity index (χ3v) is 5.17. The van der Waals surface area contributed by atoms with Crippen LogP contribution in [-0.2, 0) is 9.63 Å². The van der Waals surface area contributed by atoms with Gasteiger partial charge < -0.3 is 9.74 Å². The fourth-order valence-electron chi connectivity index (χ4n) is 3.03. The number of carbonyl (C=O) groups is 1. The number of anilines is 1. The van der Waals surface area contributed by atoms with Crippen LogP contribution >= 0.6 is 11.6 Å². The Morgan fingerprint density at radius 3 is 2.87 bits per heavy atom. The van der Waals surface area contributed by atoms with Crippen LogP contribution in [0, 0.1) is 5.92 Å². The summed E-state index contributed by atoms with van der Waals surface area (Å²) in [7, 11) is 0. The summed E-state index contributed by atoms with van der Waals surface area (Å²) in [6, 6.07) is 3.62. The van der Waals surface area contributed by atoms with Gasteiger partial charge in [0.2, 0.25) is 5.91 Å². The summed E-state index contributed by atoms with van der Waals surface area (Å²) in [6.07, 6.45) is 5.82. The lowest BCUT2D eigenvalue weighted by Crippen LogP contribution is -2.30. The number of amides is 1. The highest BCUT2D eigenvalue weighted by Gasteiger charge is 2.56. The van der Waals surface area contributed by atoms with E-state index in [1.165, 1.54) is 0 Å². The first-order valence-electron chi connectivity index (χ1n) is 9.81. The second-order valence-corrected chi connectivity index (χ2v) is 7.57. The Kier molecular flexibility index (Phi) is 7.02. The van der Waals surface area contributed by atoms with E-state index >= 15 is 0 Å². The number of oxime groups is 1. The molecule has 162 valence electrons. The Balaban J connectivity index is 1.52. The molecule has 0 aromatic carbocycles. The van der Waals surface area contributed by atoms with Crippen molar-refractivity contribution in [1.82, 2.24) is 14.8 Å². The predicted octanol–water partition coefficient (Wildman–Crippen LogP) is 4.49. The summed E-state index contributed by atoms with van der Waals surface area (Å²) in [6.45, 7) is 4.17. The number of carbonyl (C=O) groups excluding carboxylic acids is 1. The molecule has 30 heavy (non-hydrogen) atoms. The highest BCUT2D eigenvalue weighted by molar-refractivity contribution is 6.32. The van der Waals surface area contributed by atoms with Crippen LogP contribution in [-0.4, -0.2) is 45.5 Å². The van der Waals surface area contributed by atoms with Crippen molar-refractivity contribution in [3.63, 3.8) is 0 Å². The Bertz CT molecular complexity index is 904. The van der Waals surface area contributed by atoms with Gasteiger partial charge >= 0.3 is 0 Å². The summed E-state index contributed by atoms with van der Waals surface area (Å²) in [5.41, 5.74) is 1.88. The molecule has 1 aliphatic carbocycles. The van der Waals surface area contributed by atoms with Crippen LogP contribution < -0.4 is 4.90 Å². The molecule has 1 unspecified atom stereocenters. The maximum atomic E-state index is 12.8. The van der Waals surface area contributed by atoms with Crippen LogP contribution in [0.25, 0.3) is 5.69 Å². The first-order chi connectivity index (χ1) is 14.3. The van der Waals surface area contributed by atoms with Crippen molar-refractivity contribution in [2.75, 3.05) is 18.1 Å². The number of pyridine rings is 1. The Labute approximate surface area is 178 Å². The Morgan fingerprint density at radius 2 is 2.23 bits per heavy atom. The molecule has 3 rings (SSSR count). The lowest BCUT2D eigenvalue weighted by Gasteiger charge is -2.19. The van der Waals surface area contributed by atoms with Crippen LogP contribution in [0.2, 0.25) is 5.15 Å². The van der Waals surface area contributed by atoms with Crippen LogP contribution in [0.15, 0.2) is 35.9 Å². The number of rotatable bonds is 10. The maximum absolute atomic E-state index is 12.8. The highest BCUT2D eigenvalue weighted by Crippen LogP contribution is 2.50. The van der Waals surface area contributed by atoms with Crippen molar-refractivity contribution in [3.05, 3.63) is 35.9 Å². The fraction of sp³-hybridized carbons (Fsp3) is 0.500. The fourth-order valence-corrected chi connectivity index (χ4v) is 3.26. The number of hydrogen-bond donors (Lipinski definition) is 0. The van der Waals surface area contributed by atoms with Gasteiger partial charge in [0.15, 0.2) is 5.15 Å². The van der Waals surface area contributed by atoms with Crippen LogP contribution in [0.1, 0.15) is 39.5 Å². The quantitative estimate of drug-likeness (QED) is 0.310. The molecule has 7 nitrogen and oxygen atoms in total. The van der Waals surface area contributed by atoms with E-state index in [9.17, 15) is 13.6 Å². The average Bonchev–Trinajstić information content (AvgIpc) is 3.16. The minimum Gasteiger partial charge on any atom is -0.396 e. The smallest absolute Gasteiger partial charge is 0.251 e. The first-order valence-corrected chi connectivity index (χ1v) is 10.2. The predicted molar refractivity (Wildman–Crippen MR) is 110 cm³/mol. The molecular weight excluding hydrogens is 416 g/mol. The van der Waals surface area contributed by atoms with Gasteiger partial charge in [-0.05, 0) is 38.8 Å². The van der Waals surface area contributed by atoms with E-state index in [0.717, 1.165) is 5.69 Å². The highest BCUT2D eigenvalue weighted by atomic mass is 35.5. The topological polar surface area (TPSA) is 72.6 Å². The second kappa shape index (κ2) is 9.51. The number of nitrogens with zero attached hydrogens (tertiary/aromatic N) is 5. The summed E-state index contributed by atoms with van der Waals surface area (Å²) >= 11 is 6.27. The van der Waals surface area contributed by atoms with Crippen LogP contribution in [0.3, 0.4) is 0 Å². The molecule has 1 saturated carbocycles. The molecule has 1 amide bonds. The zero-order valence-corrected chi connectivity index (χ0v) is 17.6. The molecule has 0 bridgehead atoms. The summed E-state index contributed by atoms with van der Waals surface area (Å²) < 4.78 is 27.2. The Morgan fingerprint density at radius 1 is 1.47 bits per heavy atom. The van der Waals surface area contributed by atoms with E-state index in [1.54, 1.807) is 41.2 Å². The normalized spacial score (nSPS) is 17.6. The van der Waals surface area contributed by atoms with E-state index in [-0.39, 0.29) is 36.9 Å². The van der Waals surface area contributed by atoms with Gasteiger partial charge in [-0.2, -0.15) is 5.10 Å². The van der Waals surface area contributed by atoms with Crippen molar-refractivity contribution >= 4 is 28.9 Å². The molecule has 10 heteroatoms. The van der Waals surface area contributed by atoms with E-state index in [4.69, 9.17) is 16.4 Å². The number of aromatic nitrogens is 3. The van der Waals surface area contributed by atoms with Crippen molar-refractivity contribution in [1.29, 1.82) is 0 Å². The van der Waals surface area contributed by atoms with Crippen LogP contribution in [0.5, 0.6) is 0 Å². The molecule has 0 aliphatic heterocycles. The van der Waals surface area contributed by atoms with Gasteiger partial charge in [0.05, 0.1) is 23.8 Å². The molecule has 1 fully saturated rings. The van der Waals surface area contributed by atoms with E-state index in [2.05, 4.69) is 15.2 Å². The Hall–Kier alpha value is -2.55. The standard InChI is InChI=1S/C20H24ClF2N5O2/c1-3-27(17-13-28(25-19(17)21)16-5-4-9-24-12-16)18(29)7-6-14(2)26-30-10-8-15-11-20(15,22)23/h4-5,9,12-13,15H,3,6-8,10-11H2,1-2H3. The molecule has 2 aromatic rings. The molecule has 1 atom stereocenters. The van der Waals surface area contributed by atoms with Crippen molar-refractivity contribution < 1.29 is 18.4 Å². The number of hydrogen-bond acceptors (Lipinski definition) is 5. The van der Waals surface area contributed by atoms with Gasteiger partial charge in [-0.3, -0.25) is 9.78 Å². The zero-order chi connectivity index (χ0) is 21.7. The van der Waals surface area contributed by atoms with Crippen molar-refractivity contribution in [2.24, 2.45) is 11.1 Å². The summed E-state index contributed by atoms with van der Waals surface area (Å²) in [5.74, 6) is -3.26. The molecule has 0 N–H and O–H groups in total. The zero-order valence-electron chi connectivity index (χ0n) is 16.9. The van der Waals surface area contributed by atoms with Gasteiger partial charge in [-0.15, -0.1) is 0 Å². The second-order valence-electron chi connectivity index (χ2n) is 7.21. The molecule has 2 aromatic heterocycles. The molecule has 0 radical (unpaired) electrons. The SMILES string of the molecule is CCN(C(=O)CCC(C)=NOCCC1CC1(F)F)c1cn(-c2cccnc2)nc1Cl. The summed E-state index contributed by atoms with van der Waals surface area (Å²) in [5, 5.41) is 8.39. The monoisotopic (exact) mass is 439 g/mol. The molecule has 0 saturated heterocycles. The van der Waals surface area contributed by atoms with Crippen molar-refractivity contribution in [2.45, 2.75) is 45.5 Å². The van der Waals surface area contributed by atoms with Gasteiger partial charge in [-0.1, -0.05) is 16.8 Å². The summed E-state index contributed by atoms with van der Waals surface area (Å²) in [4.78, 5) is 23.4.